The number of nitrogens with one attached hydrogen (secondary N) is 1. The Labute approximate surface area is 82.0 Å². The molecule has 1 amide bonds. The minimum Gasteiger partial charge on any atom is -0.358 e. The maximum atomic E-state index is 10.7. The lowest BCUT2D eigenvalue weighted by Gasteiger charge is -2.23. The van der Waals surface area contributed by atoms with Gasteiger partial charge in [-0.05, 0) is 6.08 Å². The predicted octanol–water partition coefficient (Wildman–Crippen LogP) is 0.835. The largest absolute Gasteiger partial charge is 0.358 e. The van der Waals surface area contributed by atoms with Gasteiger partial charge in [-0.3, -0.25) is 4.79 Å². The molecule has 0 heterocycles. The highest BCUT2D eigenvalue weighted by Crippen LogP contribution is 1.91. The van der Waals surface area contributed by atoms with Gasteiger partial charge in [-0.25, -0.2) is 0 Å². The van der Waals surface area contributed by atoms with Crippen molar-refractivity contribution in [2.75, 3.05) is 34.2 Å². The van der Waals surface area contributed by atoms with Gasteiger partial charge in [0.2, 0.25) is 5.91 Å². The third-order valence-corrected chi connectivity index (χ3v) is 1.49. The molecule has 0 bridgehead atoms. The lowest BCUT2D eigenvalue weighted by atomic mass is 10.3. The summed E-state index contributed by atoms with van der Waals surface area (Å²) in [6.45, 7) is 5.18. The Morgan fingerprint density at radius 3 is 2.38 bits per heavy atom. The van der Waals surface area contributed by atoms with E-state index in [4.69, 9.17) is 0 Å². The SMILES string of the molecule is C=CC(=O)NCCC[N+](C)(C)C.[CH3-]. The molecule has 0 aromatic heterocycles. The number of carbonyl (C=O) groups excluding carboxylic acids is 1. The van der Waals surface area contributed by atoms with Crippen LogP contribution in [0.15, 0.2) is 12.7 Å². The van der Waals surface area contributed by atoms with Crippen molar-refractivity contribution in [2.24, 2.45) is 0 Å². The van der Waals surface area contributed by atoms with Crippen LogP contribution in [0.1, 0.15) is 6.42 Å². The van der Waals surface area contributed by atoms with E-state index in [9.17, 15) is 4.79 Å². The highest BCUT2D eigenvalue weighted by molar-refractivity contribution is 5.86. The van der Waals surface area contributed by atoms with Crippen molar-refractivity contribution >= 4 is 5.91 Å². The lowest BCUT2D eigenvalue weighted by molar-refractivity contribution is -0.870. The first-order valence-corrected chi connectivity index (χ1v) is 4.16. The van der Waals surface area contributed by atoms with Gasteiger partial charge < -0.3 is 17.2 Å². The summed E-state index contributed by atoms with van der Waals surface area (Å²) in [6, 6.07) is 0. The zero-order valence-corrected chi connectivity index (χ0v) is 9.26. The number of hydrogen-bond acceptors (Lipinski definition) is 1. The van der Waals surface area contributed by atoms with E-state index in [2.05, 4.69) is 33.0 Å². The molecule has 13 heavy (non-hydrogen) atoms. The zero-order chi connectivity index (χ0) is 9.61. The molecule has 0 aromatic carbocycles. The lowest BCUT2D eigenvalue weighted by Crippen LogP contribution is -2.37. The maximum absolute atomic E-state index is 10.7. The van der Waals surface area contributed by atoms with Crippen molar-refractivity contribution in [2.45, 2.75) is 6.42 Å². The van der Waals surface area contributed by atoms with Crippen LogP contribution in [0.2, 0.25) is 0 Å². The summed E-state index contributed by atoms with van der Waals surface area (Å²) in [6.07, 6.45) is 2.30. The number of rotatable bonds is 5. The molecule has 0 fully saturated rings. The smallest absolute Gasteiger partial charge is 0.243 e. The molecule has 0 aliphatic rings. The van der Waals surface area contributed by atoms with E-state index in [0.717, 1.165) is 24.0 Å². The van der Waals surface area contributed by atoms with Crippen molar-refractivity contribution in [1.82, 2.24) is 5.32 Å². The van der Waals surface area contributed by atoms with Crippen LogP contribution in [-0.2, 0) is 4.79 Å². The van der Waals surface area contributed by atoms with Gasteiger partial charge in [0.1, 0.15) is 0 Å². The average molecular weight is 186 g/mol. The first kappa shape index (κ1) is 14.7. The molecule has 0 aliphatic heterocycles. The molecule has 0 rings (SSSR count). The van der Waals surface area contributed by atoms with Gasteiger partial charge in [-0.1, -0.05) is 6.58 Å². The highest BCUT2D eigenvalue weighted by Gasteiger charge is 2.05. The Morgan fingerprint density at radius 2 is 2.00 bits per heavy atom. The van der Waals surface area contributed by atoms with E-state index in [0.29, 0.717) is 0 Å². The summed E-state index contributed by atoms with van der Waals surface area (Å²) in [4.78, 5) is 10.7. The van der Waals surface area contributed by atoms with Crippen LogP contribution < -0.4 is 5.32 Å². The van der Waals surface area contributed by atoms with Gasteiger partial charge in [0.15, 0.2) is 0 Å². The highest BCUT2D eigenvalue weighted by atomic mass is 16.1. The van der Waals surface area contributed by atoms with Gasteiger partial charge in [-0.2, -0.15) is 0 Å². The van der Waals surface area contributed by atoms with Crippen LogP contribution in [-0.4, -0.2) is 44.6 Å². The monoisotopic (exact) mass is 186 g/mol. The average Bonchev–Trinajstić information content (AvgIpc) is 1.96. The summed E-state index contributed by atoms with van der Waals surface area (Å²) in [5.74, 6) is -0.0867. The molecule has 0 unspecified atom stereocenters. The molecule has 3 heteroatoms. The van der Waals surface area contributed by atoms with Crippen LogP contribution in [0.25, 0.3) is 0 Å². The summed E-state index contributed by atoms with van der Waals surface area (Å²) < 4.78 is 0.934. The first-order valence-electron chi connectivity index (χ1n) is 4.16. The Hall–Kier alpha value is -0.830. The van der Waals surface area contributed by atoms with Gasteiger partial charge in [0.25, 0.3) is 0 Å². The fraction of sp³-hybridized carbons (Fsp3) is 0.600. The van der Waals surface area contributed by atoms with Crippen LogP contribution >= 0.6 is 0 Å². The fourth-order valence-electron chi connectivity index (χ4n) is 0.837. The summed E-state index contributed by atoms with van der Waals surface area (Å²) in [5.41, 5.74) is 0. The molecule has 0 radical (unpaired) electrons. The summed E-state index contributed by atoms with van der Waals surface area (Å²) in [7, 11) is 6.40. The van der Waals surface area contributed by atoms with E-state index < -0.39 is 0 Å². The van der Waals surface area contributed by atoms with Crippen LogP contribution in [0.4, 0.5) is 0 Å². The third-order valence-electron chi connectivity index (χ3n) is 1.49. The minimum absolute atomic E-state index is 0. The Balaban J connectivity index is 0. The second-order valence-corrected chi connectivity index (χ2v) is 3.86. The van der Waals surface area contributed by atoms with Crippen molar-refractivity contribution < 1.29 is 9.28 Å². The topological polar surface area (TPSA) is 29.1 Å². The van der Waals surface area contributed by atoms with Crippen LogP contribution in [0, 0.1) is 7.43 Å². The number of quaternary nitrogens is 1. The first-order chi connectivity index (χ1) is 5.45. The molecular formula is C10H22N2O. The fourth-order valence-corrected chi connectivity index (χ4v) is 0.837. The van der Waals surface area contributed by atoms with Crippen molar-refractivity contribution in [3.05, 3.63) is 20.1 Å². The molecule has 0 aliphatic carbocycles. The third kappa shape index (κ3) is 11.2. The van der Waals surface area contributed by atoms with Crippen molar-refractivity contribution in [3.8, 4) is 0 Å². The molecular weight excluding hydrogens is 164 g/mol. The molecule has 0 saturated carbocycles. The second kappa shape index (κ2) is 6.66. The second-order valence-electron chi connectivity index (χ2n) is 3.86. The van der Waals surface area contributed by atoms with E-state index in [1.807, 2.05) is 0 Å². The molecule has 1 N–H and O–H groups in total. The summed E-state index contributed by atoms with van der Waals surface area (Å²) >= 11 is 0. The molecule has 78 valence electrons. The van der Waals surface area contributed by atoms with E-state index >= 15 is 0 Å². The van der Waals surface area contributed by atoms with E-state index in [1.165, 1.54) is 6.08 Å². The standard InChI is InChI=1S/C9H18N2O.CH3/c1-5-9(12)10-7-6-8-11(2,3)4;/h5H,1,6-8H2,2-4H3;1H3/q;-1/p+1. The number of carbonyl (C=O) groups is 1. The van der Waals surface area contributed by atoms with Crippen molar-refractivity contribution in [1.29, 1.82) is 0 Å². The van der Waals surface area contributed by atoms with Gasteiger partial charge >= 0.3 is 0 Å². The Morgan fingerprint density at radius 1 is 1.46 bits per heavy atom. The molecule has 0 saturated heterocycles. The normalized spacial score (nSPS) is 10.1. The zero-order valence-electron chi connectivity index (χ0n) is 9.26. The number of hydrogen-bond donors (Lipinski definition) is 1. The van der Waals surface area contributed by atoms with Gasteiger partial charge in [0, 0.05) is 13.0 Å². The number of amides is 1. The van der Waals surface area contributed by atoms with Crippen LogP contribution in [0.5, 0.6) is 0 Å². The molecule has 0 atom stereocenters. The maximum Gasteiger partial charge on any atom is 0.243 e. The van der Waals surface area contributed by atoms with Gasteiger partial charge in [-0.15, -0.1) is 0 Å². The Bertz CT molecular complexity index is 159. The van der Waals surface area contributed by atoms with E-state index in [-0.39, 0.29) is 13.3 Å². The van der Waals surface area contributed by atoms with Gasteiger partial charge in [0.05, 0.1) is 27.7 Å². The Kier molecular flexibility index (Phi) is 7.52. The quantitative estimate of drug-likeness (QED) is 0.293. The van der Waals surface area contributed by atoms with Crippen LogP contribution in [0.3, 0.4) is 0 Å². The van der Waals surface area contributed by atoms with Crippen molar-refractivity contribution in [3.63, 3.8) is 0 Å². The molecule has 0 aromatic rings. The molecule has 3 nitrogen and oxygen atoms in total. The minimum atomic E-state index is -0.0867. The van der Waals surface area contributed by atoms with E-state index in [1.54, 1.807) is 0 Å². The predicted molar refractivity (Wildman–Crippen MR) is 57.1 cm³/mol. The summed E-state index contributed by atoms with van der Waals surface area (Å²) in [5, 5.41) is 2.74. The molecule has 0 spiro atoms. The number of nitrogens with zero attached hydrogens (tertiary/aromatic N) is 1.